The van der Waals surface area contributed by atoms with Gasteiger partial charge in [-0.1, -0.05) is 11.3 Å². The molecule has 0 amide bonds. The maximum atomic E-state index is 8.72. The SMILES string of the molecule is CN(Cc1ccncc1)c1ncc(C#N)s1. The van der Waals surface area contributed by atoms with Crippen LogP contribution in [0.1, 0.15) is 10.4 Å². The van der Waals surface area contributed by atoms with Crippen molar-refractivity contribution in [2.45, 2.75) is 6.54 Å². The van der Waals surface area contributed by atoms with Crippen molar-refractivity contribution in [2.24, 2.45) is 0 Å². The van der Waals surface area contributed by atoms with E-state index in [1.54, 1.807) is 18.6 Å². The average Bonchev–Trinajstić information content (AvgIpc) is 2.79. The maximum Gasteiger partial charge on any atom is 0.186 e. The van der Waals surface area contributed by atoms with E-state index in [4.69, 9.17) is 5.26 Å². The summed E-state index contributed by atoms with van der Waals surface area (Å²) in [6.07, 6.45) is 5.14. The van der Waals surface area contributed by atoms with E-state index in [2.05, 4.69) is 16.0 Å². The molecule has 5 heteroatoms. The Kier molecular flexibility index (Phi) is 3.13. The summed E-state index contributed by atoms with van der Waals surface area (Å²) >= 11 is 1.40. The summed E-state index contributed by atoms with van der Waals surface area (Å²) in [5, 5.41) is 9.57. The molecule has 80 valence electrons. The Balaban J connectivity index is 2.09. The highest BCUT2D eigenvalue weighted by Gasteiger charge is 2.06. The largest absolute Gasteiger partial charge is 0.347 e. The minimum absolute atomic E-state index is 0.636. The van der Waals surface area contributed by atoms with E-state index in [0.29, 0.717) is 4.88 Å². The first-order valence-electron chi connectivity index (χ1n) is 4.75. The predicted octanol–water partition coefficient (Wildman–Crippen LogP) is 2.05. The molecule has 2 aromatic rings. The van der Waals surface area contributed by atoms with E-state index >= 15 is 0 Å². The van der Waals surface area contributed by atoms with Crippen LogP contribution < -0.4 is 4.90 Å². The summed E-state index contributed by atoms with van der Waals surface area (Å²) in [6, 6.07) is 6.02. The molecule has 0 N–H and O–H groups in total. The Morgan fingerprint density at radius 1 is 1.44 bits per heavy atom. The van der Waals surface area contributed by atoms with E-state index in [0.717, 1.165) is 11.7 Å². The fourth-order valence-electron chi connectivity index (χ4n) is 1.32. The molecule has 0 unspecified atom stereocenters. The van der Waals surface area contributed by atoms with Crippen molar-refractivity contribution in [1.82, 2.24) is 9.97 Å². The summed E-state index contributed by atoms with van der Waals surface area (Å²) in [7, 11) is 1.96. The van der Waals surface area contributed by atoms with Gasteiger partial charge in [-0.3, -0.25) is 4.98 Å². The first-order valence-corrected chi connectivity index (χ1v) is 5.57. The molecule has 4 nitrogen and oxygen atoms in total. The number of rotatable bonds is 3. The van der Waals surface area contributed by atoms with Gasteiger partial charge in [0.25, 0.3) is 0 Å². The molecule has 2 heterocycles. The molecule has 0 saturated carbocycles. The summed E-state index contributed by atoms with van der Waals surface area (Å²) in [6.45, 7) is 0.765. The van der Waals surface area contributed by atoms with Gasteiger partial charge in [-0.2, -0.15) is 5.26 Å². The Hall–Kier alpha value is -1.93. The molecule has 0 saturated heterocycles. The number of aromatic nitrogens is 2. The minimum Gasteiger partial charge on any atom is -0.347 e. The lowest BCUT2D eigenvalue weighted by Crippen LogP contribution is -2.15. The Labute approximate surface area is 97.8 Å². The lowest BCUT2D eigenvalue weighted by molar-refractivity contribution is 0.911. The second-order valence-electron chi connectivity index (χ2n) is 3.33. The van der Waals surface area contributed by atoms with Crippen LogP contribution >= 0.6 is 11.3 Å². The second-order valence-corrected chi connectivity index (χ2v) is 4.34. The van der Waals surface area contributed by atoms with Crippen molar-refractivity contribution < 1.29 is 0 Å². The summed E-state index contributed by atoms with van der Waals surface area (Å²) in [5.74, 6) is 0. The third-order valence-electron chi connectivity index (χ3n) is 2.10. The summed E-state index contributed by atoms with van der Waals surface area (Å²) in [4.78, 5) is 10.8. The van der Waals surface area contributed by atoms with Gasteiger partial charge in [-0.05, 0) is 17.7 Å². The van der Waals surface area contributed by atoms with E-state index in [-0.39, 0.29) is 0 Å². The number of nitrogens with zero attached hydrogens (tertiary/aromatic N) is 4. The molecule has 16 heavy (non-hydrogen) atoms. The molecule has 0 bridgehead atoms. The van der Waals surface area contributed by atoms with E-state index in [1.165, 1.54) is 16.9 Å². The van der Waals surface area contributed by atoms with Crippen molar-refractivity contribution in [3.63, 3.8) is 0 Å². The van der Waals surface area contributed by atoms with Crippen LogP contribution in [0.3, 0.4) is 0 Å². The molecule has 2 rings (SSSR count). The summed E-state index contributed by atoms with van der Waals surface area (Å²) < 4.78 is 0. The highest BCUT2D eigenvalue weighted by molar-refractivity contribution is 7.16. The van der Waals surface area contributed by atoms with Gasteiger partial charge < -0.3 is 4.90 Å². The van der Waals surface area contributed by atoms with Crippen LogP contribution in [0.25, 0.3) is 0 Å². The number of nitriles is 1. The molecule has 0 fully saturated rings. The molecule has 0 aliphatic rings. The third-order valence-corrected chi connectivity index (χ3v) is 3.12. The number of hydrogen-bond donors (Lipinski definition) is 0. The first kappa shape index (κ1) is 10.6. The lowest BCUT2D eigenvalue weighted by atomic mass is 10.2. The normalized spacial score (nSPS) is 9.75. The quantitative estimate of drug-likeness (QED) is 0.809. The molecule has 0 aromatic carbocycles. The number of pyridine rings is 1. The molecule has 0 atom stereocenters. The molecule has 0 radical (unpaired) electrons. The van der Waals surface area contributed by atoms with E-state index in [1.807, 2.05) is 24.1 Å². The van der Waals surface area contributed by atoms with Crippen molar-refractivity contribution in [3.8, 4) is 6.07 Å². The van der Waals surface area contributed by atoms with Gasteiger partial charge in [0.05, 0.1) is 6.20 Å². The van der Waals surface area contributed by atoms with Gasteiger partial charge in [0, 0.05) is 26.0 Å². The van der Waals surface area contributed by atoms with Crippen LogP contribution in [-0.4, -0.2) is 17.0 Å². The van der Waals surface area contributed by atoms with Gasteiger partial charge in [0.15, 0.2) is 5.13 Å². The second kappa shape index (κ2) is 4.73. The monoisotopic (exact) mass is 230 g/mol. The lowest BCUT2D eigenvalue weighted by Gasteiger charge is -2.15. The smallest absolute Gasteiger partial charge is 0.186 e. The van der Waals surface area contributed by atoms with Crippen LogP contribution in [0, 0.1) is 11.3 Å². The standard InChI is InChI=1S/C11H10N4S/c1-15(8-9-2-4-13-5-3-9)11-14-7-10(6-12)16-11/h2-5,7H,8H2,1H3. The zero-order valence-corrected chi connectivity index (χ0v) is 9.61. The van der Waals surface area contributed by atoms with Gasteiger partial charge in [-0.25, -0.2) is 4.98 Å². The van der Waals surface area contributed by atoms with Crippen LogP contribution in [0.5, 0.6) is 0 Å². The van der Waals surface area contributed by atoms with E-state index < -0.39 is 0 Å². The average molecular weight is 230 g/mol. The Morgan fingerprint density at radius 2 is 2.19 bits per heavy atom. The van der Waals surface area contributed by atoms with Crippen molar-refractivity contribution in [1.29, 1.82) is 5.26 Å². The number of anilines is 1. The minimum atomic E-state index is 0.636. The fourth-order valence-corrected chi connectivity index (χ4v) is 2.00. The van der Waals surface area contributed by atoms with Crippen LogP contribution in [0.4, 0.5) is 5.13 Å². The van der Waals surface area contributed by atoms with Crippen LogP contribution in [-0.2, 0) is 6.54 Å². The van der Waals surface area contributed by atoms with E-state index in [9.17, 15) is 0 Å². The molecule has 2 aromatic heterocycles. The Morgan fingerprint density at radius 3 is 2.81 bits per heavy atom. The number of thiazole rings is 1. The molecule has 0 aliphatic heterocycles. The molecular weight excluding hydrogens is 220 g/mol. The predicted molar refractivity (Wildman–Crippen MR) is 63.2 cm³/mol. The topological polar surface area (TPSA) is 52.8 Å². The van der Waals surface area contributed by atoms with Gasteiger partial charge in [0.2, 0.25) is 0 Å². The fraction of sp³-hybridized carbons (Fsp3) is 0.182. The molecule has 0 aliphatic carbocycles. The third kappa shape index (κ3) is 2.35. The van der Waals surface area contributed by atoms with Gasteiger partial charge in [0.1, 0.15) is 10.9 Å². The highest BCUT2D eigenvalue weighted by Crippen LogP contribution is 2.21. The maximum absolute atomic E-state index is 8.72. The molecule has 0 spiro atoms. The van der Waals surface area contributed by atoms with Crippen molar-refractivity contribution in [3.05, 3.63) is 41.2 Å². The zero-order valence-electron chi connectivity index (χ0n) is 8.79. The van der Waals surface area contributed by atoms with Gasteiger partial charge >= 0.3 is 0 Å². The van der Waals surface area contributed by atoms with Crippen LogP contribution in [0.2, 0.25) is 0 Å². The van der Waals surface area contributed by atoms with Crippen molar-refractivity contribution >= 4 is 16.5 Å². The summed E-state index contributed by atoms with van der Waals surface area (Å²) in [5.41, 5.74) is 1.17. The zero-order chi connectivity index (χ0) is 11.4. The highest BCUT2D eigenvalue weighted by atomic mass is 32.1. The van der Waals surface area contributed by atoms with Crippen LogP contribution in [0.15, 0.2) is 30.7 Å². The van der Waals surface area contributed by atoms with Crippen molar-refractivity contribution in [2.75, 3.05) is 11.9 Å². The Bertz CT molecular complexity index is 500. The molecular formula is C11H10N4S. The number of hydrogen-bond acceptors (Lipinski definition) is 5. The van der Waals surface area contributed by atoms with Gasteiger partial charge in [-0.15, -0.1) is 0 Å². The first-order chi connectivity index (χ1) is 7.79.